The van der Waals surface area contributed by atoms with Gasteiger partial charge in [-0.2, -0.15) is 0 Å². The largest absolute Gasteiger partial charge is 0.859 e. The molecule has 21 heteroatoms. The molecule has 0 aliphatic carbocycles. The number of carbonyl (C=O) groups excluding carboxylic acids is 9. The molecule has 21 nitrogen and oxygen atoms in total. The standard InChI is InChI=1S/C43H77N11O10/c1-24-22-44(11)25(2)36(57)49(16)28(5)39(60)51(18)30(7)41(62)53(20)32(9)43(64)54(21)33(10)42(63)52(19)31(8)40(61)50(17)29(6)38(59)48(15)26(3)35(56)45(12)23-34(55)47(14)27(4)37(58)46(24)13/h23-33,55H,22H2,1-21H3/p-1/t24-,25-,26-,27-,28-,29?,30+,31-,32-,33-/m0/s1. The highest BCUT2D eigenvalue weighted by Crippen LogP contribution is 2.17. The number of rotatable bonds is 0. The van der Waals surface area contributed by atoms with Crippen LogP contribution < -0.4 is 5.11 Å². The molecular weight excluding hydrogens is 831 g/mol. The molecule has 1 aliphatic heterocycles. The zero-order valence-electron chi connectivity index (χ0n) is 42.1. The van der Waals surface area contributed by atoms with E-state index in [-0.39, 0.29) is 6.54 Å². The van der Waals surface area contributed by atoms with Crippen LogP contribution >= 0.6 is 0 Å². The molecule has 64 heavy (non-hydrogen) atoms. The molecule has 10 atom stereocenters. The van der Waals surface area contributed by atoms with Gasteiger partial charge in [-0.15, -0.1) is 0 Å². The fourth-order valence-corrected chi connectivity index (χ4v) is 6.93. The fraction of sp³-hybridized carbons (Fsp3) is 0.744. The number of nitrogens with zero attached hydrogens (tertiary/aromatic N) is 11. The van der Waals surface area contributed by atoms with Crippen molar-refractivity contribution in [1.29, 1.82) is 0 Å². The van der Waals surface area contributed by atoms with Gasteiger partial charge in [-0.05, 0) is 82.2 Å². The molecule has 9 amide bonds. The molecule has 0 spiro atoms. The minimum atomic E-state index is -1.10. The molecule has 0 saturated carbocycles. The van der Waals surface area contributed by atoms with Gasteiger partial charge in [-0.3, -0.25) is 48.1 Å². The average Bonchev–Trinajstić information content (AvgIpc) is 3.28. The second-order valence-corrected chi connectivity index (χ2v) is 17.5. The lowest BCUT2D eigenvalue weighted by Gasteiger charge is -2.39. The van der Waals surface area contributed by atoms with E-state index in [9.17, 15) is 48.3 Å². The molecule has 364 valence electrons. The highest BCUT2D eigenvalue weighted by molar-refractivity contribution is 5.97. The van der Waals surface area contributed by atoms with Crippen LogP contribution in [-0.2, 0) is 43.2 Å². The lowest BCUT2D eigenvalue weighted by molar-refractivity contribution is -0.334. The Morgan fingerprint density at radius 3 is 0.797 bits per heavy atom. The Labute approximate surface area is 380 Å². The van der Waals surface area contributed by atoms with Crippen molar-refractivity contribution in [2.45, 2.75) is 130 Å². The van der Waals surface area contributed by atoms with Crippen molar-refractivity contribution >= 4 is 53.2 Å². The van der Waals surface area contributed by atoms with E-state index in [4.69, 9.17) is 0 Å². The molecule has 1 rings (SSSR count). The van der Waals surface area contributed by atoms with E-state index in [0.29, 0.717) is 0 Å². The maximum Gasteiger partial charge on any atom is 0.248 e. The number of carbonyl (C=O) groups is 9. The second kappa shape index (κ2) is 22.9. The van der Waals surface area contributed by atoms with Gasteiger partial charge in [0.05, 0.1) is 6.04 Å². The van der Waals surface area contributed by atoms with Crippen LogP contribution in [0.15, 0.2) is 12.1 Å². The zero-order valence-corrected chi connectivity index (χ0v) is 42.1. The molecule has 0 bridgehead atoms. The number of hydrogen-bond donors (Lipinski definition) is 0. The van der Waals surface area contributed by atoms with Crippen molar-refractivity contribution in [3.8, 4) is 0 Å². The molecular formula is C43H76N11O10-. The zero-order chi connectivity index (χ0) is 50.3. The summed E-state index contributed by atoms with van der Waals surface area (Å²) in [5.74, 6) is -5.60. The first-order valence-electron chi connectivity index (χ1n) is 21.4. The minimum Gasteiger partial charge on any atom is -0.859 e. The third-order valence-corrected chi connectivity index (χ3v) is 13.5. The van der Waals surface area contributed by atoms with E-state index in [1.165, 1.54) is 129 Å². The molecule has 0 saturated heterocycles. The summed E-state index contributed by atoms with van der Waals surface area (Å²) in [5.41, 5.74) is 0. The summed E-state index contributed by atoms with van der Waals surface area (Å²) in [6.07, 6.45) is 1.02. The van der Waals surface area contributed by atoms with Gasteiger partial charge in [-0.25, -0.2) is 0 Å². The van der Waals surface area contributed by atoms with Crippen molar-refractivity contribution in [1.82, 2.24) is 53.9 Å². The highest BCUT2D eigenvalue weighted by Gasteiger charge is 2.39. The predicted octanol–water partition coefficient (Wildman–Crippen LogP) is -1.97. The quantitative estimate of drug-likeness (QED) is 0.259. The van der Waals surface area contributed by atoms with Gasteiger partial charge in [0.2, 0.25) is 53.2 Å². The Morgan fingerprint density at radius 1 is 0.328 bits per heavy atom. The van der Waals surface area contributed by atoms with E-state index >= 15 is 0 Å². The highest BCUT2D eigenvalue weighted by atomic mass is 16.3. The lowest BCUT2D eigenvalue weighted by Crippen LogP contribution is -2.59. The molecule has 0 aromatic carbocycles. The van der Waals surface area contributed by atoms with E-state index in [1.54, 1.807) is 46.7 Å². The summed E-state index contributed by atoms with van der Waals surface area (Å²) >= 11 is 0. The first-order valence-corrected chi connectivity index (χ1v) is 21.4. The SMILES string of the molecule is CC1C(=O)N(C)[C@@H](C)C(=O)N(C)C=C([O-])N(C)[C@@H](C)C(=O)N(C)[C@@H](C)CN(C)[C@@H](C)C(=O)N(C)[C@@H](C)C(=O)N(C)[C@H](C)C(=O)N(C)[C@@H](C)C(=O)N(C)[C@@H](C)C(=O)N(C)[C@@H](C)C(=O)N1C. The molecule has 1 aliphatic rings. The smallest absolute Gasteiger partial charge is 0.248 e. The second-order valence-electron chi connectivity index (χ2n) is 17.5. The van der Waals surface area contributed by atoms with Crippen molar-refractivity contribution in [2.24, 2.45) is 0 Å². The Hall–Kier alpha value is -5.47. The van der Waals surface area contributed by atoms with Gasteiger partial charge in [0.15, 0.2) is 0 Å². The molecule has 0 aromatic rings. The van der Waals surface area contributed by atoms with Gasteiger partial charge in [0.25, 0.3) is 0 Å². The normalized spacial score (nSPS) is 30.9. The summed E-state index contributed by atoms with van der Waals surface area (Å²) in [7, 11) is 15.9. The van der Waals surface area contributed by atoms with Crippen molar-refractivity contribution in [3.05, 3.63) is 12.1 Å². The van der Waals surface area contributed by atoms with Gasteiger partial charge >= 0.3 is 0 Å². The maximum absolute atomic E-state index is 13.7. The summed E-state index contributed by atoms with van der Waals surface area (Å²) in [6, 6.07) is -9.66. The van der Waals surface area contributed by atoms with Crippen LogP contribution in [0.25, 0.3) is 0 Å². The monoisotopic (exact) mass is 907 g/mol. The summed E-state index contributed by atoms with van der Waals surface area (Å²) in [6.45, 7) is 15.7. The van der Waals surface area contributed by atoms with Crippen LogP contribution in [-0.4, -0.2) is 252 Å². The third-order valence-electron chi connectivity index (χ3n) is 13.5. The van der Waals surface area contributed by atoms with Crippen molar-refractivity contribution < 1.29 is 48.3 Å². The topological polar surface area (TPSA) is 212 Å². The Morgan fingerprint density at radius 2 is 0.531 bits per heavy atom. The van der Waals surface area contributed by atoms with Gasteiger partial charge < -0.3 is 54.1 Å². The van der Waals surface area contributed by atoms with Crippen LogP contribution in [0.3, 0.4) is 0 Å². The lowest BCUT2D eigenvalue weighted by atomic mass is 10.1. The number of likely N-dealkylation sites (N-methyl/N-ethyl adjacent to an activating group) is 11. The summed E-state index contributed by atoms with van der Waals surface area (Å²) < 4.78 is 0. The van der Waals surface area contributed by atoms with Crippen LogP contribution in [0.1, 0.15) is 69.2 Å². The molecule has 0 radical (unpaired) electrons. The molecule has 0 N–H and O–H groups in total. The number of amides is 9. The van der Waals surface area contributed by atoms with E-state index < -0.39 is 119 Å². The van der Waals surface area contributed by atoms with Crippen LogP contribution in [0.4, 0.5) is 0 Å². The van der Waals surface area contributed by atoms with Gasteiger partial charge in [0.1, 0.15) is 48.3 Å². The van der Waals surface area contributed by atoms with E-state index in [1.807, 2.05) is 0 Å². The first-order chi connectivity index (χ1) is 29.2. The maximum atomic E-state index is 13.7. The average molecular weight is 907 g/mol. The van der Waals surface area contributed by atoms with E-state index in [0.717, 1.165) is 30.7 Å². The summed E-state index contributed by atoms with van der Waals surface area (Å²) in [4.78, 5) is 137. The summed E-state index contributed by atoms with van der Waals surface area (Å²) in [5, 5.41) is 13.4. The van der Waals surface area contributed by atoms with E-state index in [2.05, 4.69) is 0 Å². The Kier molecular flexibility index (Phi) is 20.3. The molecule has 0 fully saturated rings. The van der Waals surface area contributed by atoms with Crippen LogP contribution in [0, 0.1) is 0 Å². The Bertz CT molecular complexity index is 1800. The van der Waals surface area contributed by atoms with Crippen molar-refractivity contribution in [2.75, 3.05) is 84.1 Å². The van der Waals surface area contributed by atoms with Crippen molar-refractivity contribution in [3.63, 3.8) is 0 Å². The minimum absolute atomic E-state index is 0.234. The third kappa shape index (κ3) is 12.4. The molecule has 1 unspecified atom stereocenters. The van der Waals surface area contributed by atoms with Gasteiger partial charge in [0, 0.05) is 89.3 Å². The Balaban J connectivity index is 3.67. The van der Waals surface area contributed by atoms with Gasteiger partial charge in [-0.1, -0.05) is 0 Å². The van der Waals surface area contributed by atoms with Crippen LogP contribution in [0.2, 0.25) is 0 Å². The number of hydrogen-bond acceptors (Lipinski definition) is 12. The predicted molar refractivity (Wildman–Crippen MR) is 238 cm³/mol. The molecule has 1 heterocycles. The van der Waals surface area contributed by atoms with Crippen LogP contribution in [0.5, 0.6) is 0 Å². The molecule has 0 aromatic heterocycles. The first kappa shape index (κ1) is 56.5. The fourth-order valence-electron chi connectivity index (χ4n) is 6.93.